The van der Waals surface area contributed by atoms with Gasteiger partial charge in [0, 0.05) is 24.0 Å². The van der Waals surface area contributed by atoms with Crippen LogP contribution in [-0.4, -0.2) is 57.1 Å². The number of hydrogen-bond donors (Lipinski definition) is 4. The van der Waals surface area contributed by atoms with Gasteiger partial charge in [-0.2, -0.15) is 10.4 Å². The number of benzene rings is 1. The molecule has 3 heterocycles. The number of ether oxygens (including phenoxy) is 1. The molecule has 2 amide bonds. The van der Waals surface area contributed by atoms with Crippen molar-refractivity contribution in [2.75, 3.05) is 19.0 Å². The van der Waals surface area contributed by atoms with Crippen LogP contribution >= 0.6 is 0 Å². The average Bonchev–Trinajstić information content (AvgIpc) is 3.37. The molecule has 0 aliphatic rings. The van der Waals surface area contributed by atoms with Gasteiger partial charge in [-0.3, -0.25) is 9.78 Å². The van der Waals surface area contributed by atoms with Crippen LogP contribution in [0.5, 0.6) is 0 Å². The van der Waals surface area contributed by atoms with Crippen LogP contribution in [0.1, 0.15) is 35.3 Å². The Bertz CT molecular complexity index is 1640. The first-order chi connectivity index (χ1) is 19.5. The maximum atomic E-state index is 14.8. The van der Waals surface area contributed by atoms with Crippen LogP contribution < -0.4 is 16.0 Å². The summed E-state index contributed by atoms with van der Waals surface area (Å²) in [7, 11) is 1.20. The molecule has 0 bridgehead atoms. The number of nitriles is 1. The van der Waals surface area contributed by atoms with E-state index in [1.54, 1.807) is 34.8 Å². The van der Waals surface area contributed by atoms with Crippen LogP contribution in [0, 0.1) is 17.1 Å². The molecular formula is C28H27F2N7O4. The van der Waals surface area contributed by atoms with E-state index in [4.69, 9.17) is 5.26 Å². The van der Waals surface area contributed by atoms with Gasteiger partial charge in [-0.1, -0.05) is 6.07 Å². The van der Waals surface area contributed by atoms with E-state index in [-0.39, 0.29) is 29.0 Å². The molecule has 13 heteroatoms. The highest BCUT2D eigenvalue weighted by Gasteiger charge is 2.27. The van der Waals surface area contributed by atoms with Crippen LogP contribution in [0.3, 0.4) is 0 Å². The van der Waals surface area contributed by atoms with Crippen molar-refractivity contribution in [1.29, 1.82) is 5.26 Å². The minimum Gasteiger partial charge on any atom is -0.453 e. The van der Waals surface area contributed by atoms with E-state index in [1.807, 2.05) is 6.07 Å². The van der Waals surface area contributed by atoms with Crippen molar-refractivity contribution in [3.05, 3.63) is 77.4 Å². The fourth-order valence-electron chi connectivity index (χ4n) is 3.82. The molecule has 3 aromatic heterocycles. The lowest BCUT2D eigenvalue weighted by molar-refractivity contribution is -0.00177. The zero-order valence-electron chi connectivity index (χ0n) is 22.4. The van der Waals surface area contributed by atoms with Gasteiger partial charge in [0.2, 0.25) is 0 Å². The van der Waals surface area contributed by atoms with Crippen molar-refractivity contribution in [2.24, 2.45) is 0 Å². The largest absolute Gasteiger partial charge is 0.453 e. The summed E-state index contributed by atoms with van der Waals surface area (Å²) >= 11 is 0. The van der Waals surface area contributed by atoms with E-state index in [9.17, 15) is 23.5 Å². The second-order valence-electron chi connectivity index (χ2n) is 9.63. The number of alkyl halides is 1. The van der Waals surface area contributed by atoms with Gasteiger partial charge in [0.15, 0.2) is 0 Å². The second kappa shape index (κ2) is 12.0. The number of carbonyl (C=O) groups excluding carboxylic acids is 2. The Morgan fingerprint density at radius 1 is 1.17 bits per heavy atom. The SMILES string of the molecule is COC(=O)NCc1ccc(Nc2cc(-c3ccc4cc(C#N)cnn34)ncc2C(=O)NC[C@@H](F)C(C)(C)O)cc1F. The molecule has 0 saturated heterocycles. The maximum Gasteiger partial charge on any atom is 0.407 e. The third-order valence-electron chi connectivity index (χ3n) is 6.19. The van der Waals surface area contributed by atoms with Gasteiger partial charge >= 0.3 is 6.09 Å². The molecule has 41 heavy (non-hydrogen) atoms. The fourth-order valence-corrected chi connectivity index (χ4v) is 3.82. The van der Waals surface area contributed by atoms with E-state index >= 15 is 0 Å². The minimum atomic E-state index is -1.73. The Morgan fingerprint density at radius 2 is 1.95 bits per heavy atom. The summed E-state index contributed by atoms with van der Waals surface area (Å²) in [6.45, 7) is 2.04. The van der Waals surface area contributed by atoms with Crippen molar-refractivity contribution in [3.8, 4) is 17.5 Å². The second-order valence-corrected chi connectivity index (χ2v) is 9.63. The summed E-state index contributed by atoms with van der Waals surface area (Å²) in [6, 6.07) is 13.0. The number of carbonyl (C=O) groups is 2. The van der Waals surface area contributed by atoms with Crippen LogP contribution in [0.4, 0.5) is 25.0 Å². The number of methoxy groups -OCH3 is 1. The molecular weight excluding hydrogens is 536 g/mol. The van der Waals surface area contributed by atoms with Gasteiger partial charge in [0.05, 0.1) is 59.2 Å². The molecule has 212 valence electrons. The molecule has 0 aliphatic heterocycles. The van der Waals surface area contributed by atoms with Gasteiger partial charge in [0.25, 0.3) is 5.91 Å². The maximum absolute atomic E-state index is 14.8. The number of hydrogen-bond acceptors (Lipinski definition) is 8. The summed E-state index contributed by atoms with van der Waals surface area (Å²) in [5.74, 6) is -1.29. The molecule has 0 unspecified atom stereocenters. The van der Waals surface area contributed by atoms with Gasteiger partial charge in [-0.05, 0) is 50.2 Å². The molecule has 0 saturated carbocycles. The monoisotopic (exact) mass is 563 g/mol. The predicted molar refractivity (Wildman–Crippen MR) is 146 cm³/mol. The first kappa shape index (κ1) is 28.9. The highest BCUT2D eigenvalue weighted by atomic mass is 19.1. The number of fused-ring (bicyclic) bond motifs is 1. The minimum absolute atomic E-state index is 0.0362. The van der Waals surface area contributed by atoms with Crippen molar-refractivity contribution in [2.45, 2.75) is 32.2 Å². The van der Waals surface area contributed by atoms with Gasteiger partial charge in [0.1, 0.15) is 18.1 Å². The lowest BCUT2D eigenvalue weighted by Gasteiger charge is -2.22. The summed E-state index contributed by atoms with van der Waals surface area (Å²) in [5, 5.41) is 31.2. The highest BCUT2D eigenvalue weighted by molar-refractivity contribution is 6.00. The summed E-state index contributed by atoms with van der Waals surface area (Å²) < 4.78 is 35.2. The third-order valence-corrected chi connectivity index (χ3v) is 6.19. The Kier molecular flexibility index (Phi) is 8.44. The number of nitrogens with one attached hydrogen (secondary N) is 3. The van der Waals surface area contributed by atoms with E-state index in [0.29, 0.717) is 22.5 Å². The number of pyridine rings is 1. The van der Waals surface area contributed by atoms with Crippen molar-refractivity contribution in [3.63, 3.8) is 0 Å². The number of rotatable bonds is 9. The first-order valence-corrected chi connectivity index (χ1v) is 12.4. The molecule has 0 aliphatic carbocycles. The molecule has 4 aromatic rings. The van der Waals surface area contributed by atoms with Crippen LogP contribution in [0.25, 0.3) is 16.9 Å². The standard InChI is InChI=1S/C28H27F2N7O4/c1-28(2,40)25(30)15-33-26(38)20-14-32-23(24-7-6-19-8-16(11-31)12-35-37(19)24)10-22(20)36-18-5-4-17(21(29)9-18)13-34-27(39)41-3/h4-10,12,14,25,40H,13,15H2,1-3H3,(H,32,36)(H,33,38)(H,34,39)/t25-/m1/s1. The normalized spacial score (nSPS) is 11.9. The number of nitrogens with zero attached hydrogens (tertiary/aromatic N) is 4. The van der Waals surface area contributed by atoms with Crippen molar-refractivity contribution >= 4 is 28.9 Å². The lowest BCUT2D eigenvalue weighted by atomic mass is 10.0. The lowest BCUT2D eigenvalue weighted by Crippen LogP contribution is -2.42. The Labute approximate surface area is 233 Å². The van der Waals surface area contributed by atoms with Gasteiger partial charge in [-0.25, -0.2) is 18.1 Å². The highest BCUT2D eigenvalue weighted by Crippen LogP contribution is 2.28. The Morgan fingerprint density at radius 3 is 2.63 bits per heavy atom. The number of halogens is 2. The first-order valence-electron chi connectivity index (χ1n) is 12.4. The molecule has 4 rings (SSSR count). The molecule has 0 radical (unpaired) electrons. The van der Waals surface area contributed by atoms with Gasteiger partial charge < -0.3 is 25.8 Å². The molecule has 1 aromatic carbocycles. The zero-order valence-corrected chi connectivity index (χ0v) is 22.4. The Hall–Kier alpha value is -5.09. The molecule has 11 nitrogen and oxygen atoms in total. The van der Waals surface area contributed by atoms with Crippen molar-refractivity contribution in [1.82, 2.24) is 25.2 Å². The fraction of sp³-hybridized carbons (Fsp3) is 0.250. The predicted octanol–water partition coefficient (Wildman–Crippen LogP) is 3.85. The molecule has 0 fully saturated rings. The zero-order chi connectivity index (χ0) is 29.7. The van der Waals surface area contributed by atoms with Crippen LogP contribution in [0.2, 0.25) is 0 Å². The van der Waals surface area contributed by atoms with Crippen LogP contribution in [0.15, 0.2) is 54.9 Å². The van der Waals surface area contributed by atoms with E-state index in [1.165, 1.54) is 45.5 Å². The third kappa shape index (κ3) is 6.74. The summed E-state index contributed by atoms with van der Waals surface area (Å²) in [6.07, 6.45) is 0.264. The quantitative estimate of drug-likeness (QED) is 0.240. The number of anilines is 2. The van der Waals surface area contributed by atoms with E-state index in [2.05, 4.69) is 30.8 Å². The Balaban J connectivity index is 1.68. The van der Waals surface area contributed by atoms with Gasteiger partial charge in [-0.15, -0.1) is 0 Å². The number of amides is 2. The molecule has 4 N–H and O–H groups in total. The van der Waals surface area contributed by atoms with E-state index < -0.39 is 36.1 Å². The summed E-state index contributed by atoms with van der Waals surface area (Å²) in [5.41, 5.74) is 1.09. The molecule has 1 atom stereocenters. The van der Waals surface area contributed by atoms with Crippen LogP contribution in [-0.2, 0) is 11.3 Å². The average molecular weight is 564 g/mol. The number of aromatic nitrogens is 3. The number of aliphatic hydroxyl groups is 1. The molecule has 0 spiro atoms. The van der Waals surface area contributed by atoms with E-state index in [0.717, 1.165) is 0 Å². The summed E-state index contributed by atoms with van der Waals surface area (Å²) in [4.78, 5) is 28.8. The number of alkyl carbamates (subject to hydrolysis) is 1. The topological polar surface area (TPSA) is 154 Å². The van der Waals surface area contributed by atoms with Crippen molar-refractivity contribution < 1.29 is 28.2 Å². The smallest absolute Gasteiger partial charge is 0.407 e.